The number of aromatic nitrogens is 1. The van der Waals surface area contributed by atoms with Crippen LogP contribution in [0.5, 0.6) is 5.75 Å². The van der Waals surface area contributed by atoms with Gasteiger partial charge in [-0.3, -0.25) is 4.90 Å². The smallest absolute Gasteiger partial charge is 0.416 e. The third kappa shape index (κ3) is 4.07. The molecule has 148 valence electrons. The van der Waals surface area contributed by atoms with Crippen LogP contribution in [0.25, 0.3) is 10.2 Å². The summed E-state index contributed by atoms with van der Waals surface area (Å²) in [7, 11) is 0. The van der Waals surface area contributed by atoms with Crippen molar-refractivity contribution < 1.29 is 18.3 Å². The predicted octanol–water partition coefficient (Wildman–Crippen LogP) is 4.65. The quantitative estimate of drug-likeness (QED) is 0.686. The van der Waals surface area contributed by atoms with E-state index in [1.165, 1.54) is 23.5 Å². The molecule has 0 aliphatic carbocycles. The van der Waals surface area contributed by atoms with Crippen molar-refractivity contribution in [3.8, 4) is 5.75 Å². The molecule has 0 bridgehead atoms. The summed E-state index contributed by atoms with van der Waals surface area (Å²) in [5, 5.41) is 10.5. The molecule has 1 saturated heterocycles. The molecular formula is C20H20F3N3OS. The van der Waals surface area contributed by atoms with Crippen molar-refractivity contribution in [1.29, 1.82) is 0 Å². The highest BCUT2D eigenvalue weighted by Gasteiger charge is 2.31. The van der Waals surface area contributed by atoms with Gasteiger partial charge in [-0.05, 0) is 48.4 Å². The van der Waals surface area contributed by atoms with E-state index in [1.54, 1.807) is 12.1 Å². The third-order valence-corrected chi connectivity index (χ3v) is 5.95. The molecule has 2 aromatic carbocycles. The van der Waals surface area contributed by atoms with Crippen molar-refractivity contribution in [2.24, 2.45) is 0 Å². The number of aromatic hydroxyl groups is 1. The molecule has 4 rings (SSSR count). The van der Waals surface area contributed by atoms with E-state index >= 15 is 0 Å². The summed E-state index contributed by atoms with van der Waals surface area (Å²) in [5.74, 6) is 0.279. The maximum Gasteiger partial charge on any atom is 0.416 e. The van der Waals surface area contributed by atoms with Crippen molar-refractivity contribution >= 4 is 26.7 Å². The molecule has 0 atom stereocenters. The first kappa shape index (κ1) is 19.0. The minimum absolute atomic E-state index is 0.279. The summed E-state index contributed by atoms with van der Waals surface area (Å²) < 4.78 is 39.3. The molecule has 0 amide bonds. The number of piperazine rings is 1. The summed E-state index contributed by atoms with van der Waals surface area (Å²) >= 11 is 1.31. The van der Waals surface area contributed by atoms with Gasteiger partial charge in [-0.2, -0.15) is 13.2 Å². The zero-order valence-corrected chi connectivity index (χ0v) is 16.1. The van der Waals surface area contributed by atoms with Gasteiger partial charge in [0.1, 0.15) is 5.75 Å². The standard InChI is InChI=1S/C20H20F3N3OS/c1-13-8-14(10-16(27)9-13)12-25-4-6-26(7-5-25)19-24-17-3-2-15(20(21,22)23)11-18(17)28-19/h2-3,8-11,27H,4-7,12H2,1H3. The fourth-order valence-electron chi connectivity index (χ4n) is 3.51. The number of rotatable bonds is 3. The van der Waals surface area contributed by atoms with Crippen LogP contribution in [0, 0.1) is 6.92 Å². The fraction of sp³-hybridized carbons (Fsp3) is 0.350. The van der Waals surface area contributed by atoms with E-state index in [0.29, 0.717) is 10.2 Å². The second-order valence-electron chi connectivity index (χ2n) is 7.12. The van der Waals surface area contributed by atoms with Crippen LogP contribution in [0.15, 0.2) is 36.4 Å². The number of phenolic OH excluding ortho intramolecular Hbond substituents is 1. The van der Waals surface area contributed by atoms with E-state index in [0.717, 1.165) is 55.0 Å². The van der Waals surface area contributed by atoms with Gasteiger partial charge in [0.05, 0.1) is 15.8 Å². The topological polar surface area (TPSA) is 39.6 Å². The molecule has 0 saturated carbocycles. The van der Waals surface area contributed by atoms with E-state index < -0.39 is 11.7 Å². The van der Waals surface area contributed by atoms with E-state index in [-0.39, 0.29) is 5.75 Å². The zero-order valence-electron chi connectivity index (χ0n) is 15.3. The molecule has 4 nitrogen and oxygen atoms in total. The number of anilines is 1. The Morgan fingerprint density at radius 2 is 1.82 bits per heavy atom. The van der Waals surface area contributed by atoms with Crippen molar-refractivity contribution in [2.75, 3.05) is 31.1 Å². The summed E-state index contributed by atoms with van der Waals surface area (Å²) in [6, 6.07) is 9.29. The van der Waals surface area contributed by atoms with E-state index in [9.17, 15) is 18.3 Å². The fourth-order valence-corrected chi connectivity index (χ4v) is 4.57. The van der Waals surface area contributed by atoms with Crippen LogP contribution in [-0.2, 0) is 12.7 Å². The van der Waals surface area contributed by atoms with E-state index in [2.05, 4.69) is 20.9 Å². The number of phenols is 1. The first-order valence-electron chi connectivity index (χ1n) is 9.02. The highest BCUT2D eigenvalue weighted by atomic mass is 32.1. The van der Waals surface area contributed by atoms with Gasteiger partial charge in [0.25, 0.3) is 0 Å². The number of thiazole rings is 1. The van der Waals surface area contributed by atoms with Crippen molar-refractivity contribution in [2.45, 2.75) is 19.6 Å². The minimum Gasteiger partial charge on any atom is -0.508 e. The molecule has 2 heterocycles. The average molecular weight is 407 g/mol. The normalized spacial score (nSPS) is 16.1. The third-order valence-electron chi connectivity index (χ3n) is 4.88. The van der Waals surface area contributed by atoms with Crippen molar-refractivity contribution in [3.63, 3.8) is 0 Å². The zero-order chi connectivity index (χ0) is 19.9. The van der Waals surface area contributed by atoms with E-state index in [1.807, 2.05) is 6.92 Å². The van der Waals surface area contributed by atoms with Crippen LogP contribution >= 0.6 is 11.3 Å². The van der Waals surface area contributed by atoms with Gasteiger partial charge in [0, 0.05) is 32.7 Å². The summed E-state index contributed by atoms with van der Waals surface area (Å²) in [5.41, 5.74) is 2.07. The first-order chi connectivity index (χ1) is 13.3. The summed E-state index contributed by atoms with van der Waals surface area (Å²) in [6.45, 7) is 5.92. The molecule has 1 aromatic heterocycles. The van der Waals surface area contributed by atoms with Gasteiger partial charge in [-0.25, -0.2) is 4.98 Å². The molecule has 3 aromatic rings. The molecule has 1 N–H and O–H groups in total. The molecule has 1 aliphatic heterocycles. The van der Waals surface area contributed by atoms with Crippen molar-refractivity contribution in [3.05, 3.63) is 53.1 Å². The highest BCUT2D eigenvalue weighted by Crippen LogP contribution is 2.35. The van der Waals surface area contributed by atoms with Gasteiger partial charge in [-0.1, -0.05) is 17.4 Å². The minimum atomic E-state index is -4.34. The van der Waals surface area contributed by atoms with Gasteiger partial charge in [0.2, 0.25) is 0 Å². The van der Waals surface area contributed by atoms with Gasteiger partial charge in [0.15, 0.2) is 5.13 Å². The Morgan fingerprint density at radius 3 is 2.50 bits per heavy atom. The maximum absolute atomic E-state index is 12.9. The monoisotopic (exact) mass is 407 g/mol. The maximum atomic E-state index is 12.9. The molecule has 8 heteroatoms. The second-order valence-corrected chi connectivity index (χ2v) is 8.13. The Balaban J connectivity index is 1.43. The van der Waals surface area contributed by atoms with Crippen LogP contribution in [-0.4, -0.2) is 41.2 Å². The Kier molecular flexibility index (Phi) is 4.93. The van der Waals surface area contributed by atoms with Gasteiger partial charge >= 0.3 is 6.18 Å². The molecule has 0 unspecified atom stereocenters. The number of halogens is 3. The number of fused-ring (bicyclic) bond motifs is 1. The second kappa shape index (κ2) is 7.25. The van der Waals surface area contributed by atoms with Gasteiger partial charge in [-0.15, -0.1) is 0 Å². The summed E-state index contributed by atoms with van der Waals surface area (Å²) in [4.78, 5) is 8.95. The molecule has 1 fully saturated rings. The first-order valence-corrected chi connectivity index (χ1v) is 9.84. The predicted molar refractivity (Wildman–Crippen MR) is 105 cm³/mol. The lowest BCUT2D eigenvalue weighted by Crippen LogP contribution is -2.45. The molecule has 1 aliphatic rings. The number of nitrogens with zero attached hydrogens (tertiary/aromatic N) is 3. The van der Waals surface area contributed by atoms with Crippen LogP contribution in [0.3, 0.4) is 0 Å². The SMILES string of the molecule is Cc1cc(O)cc(CN2CCN(c3nc4ccc(C(F)(F)F)cc4s3)CC2)c1. The summed E-state index contributed by atoms with van der Waals surface area (Å²) in [6.07, 6.45) is -4.34. The average Bonchev–Trinajstić information content (AvgIpc) is 3.04. The Labute approximate surface area is 164 Å². The molecule has 0 radical (unpaired) electrons. The van der Waals surface area contributed by atoms with Crippen LogP contribution in [0.4, 0.5) is 18.3 Å². The van der Waals surface area contributed by atoms with Crippen LogP contribution in [0.2, 0.25) is 0 Å². The highest BCUT2D eigenvalue weighted by molar-refractivity contribution is 7.22. The lowest BCUT2D eigenvalue weighted by atomic mass is 10.1. The number of benzene rings is 2. The van der Waals surface area contributed by atoms with Crippen molar-refractivity contribution in [1.82, 2.24) is 9.88 Å². The lowest BCUT2D eigenvalue weighted by molar-refractivity contribution is -0.137. The molecular weight excluding hydrogens is 387 g/mol. The number of hydrogen-bond acceptors (Lipinski definition) is 5. The largest absolute Gasteiger partial charge is 0.508 e. The molecule has 0 spiro atoms. The Bertz CT molecular complexity index is 974. The number of alkyl halides is 3. The van der Waals surface area contributed by atoms with E-state index in [4.69, 9.17) is 0 Å². The van der Waals surface area contributed by atoms with Gasteiger partial charge < -0.3 is 10.0 Å². The number of hydrogen-bond donors (Lipinski definition) is 1. The van der Waals surface area contributed by atoms with Crippen LogP contribution in [0.1, 0.15) is 16.7 Å². The Morgan fingerprint density at radius 1 is 1.07 bits per heavy atom. The lowest BCUT2D eigenvalue weighted by Gasteiger charge is -2.34. The molecule has 28 heavy (non-hydrogen) atoms. The number of aryl methyl sites for hydroxylation is 1. The Hall–Kier alpha value is -2.32. The van der Waals surface area contributed by atoms with Crippen LogP contribution < -0.4 is 4.90 Å².